The van der Waals surface area contributed by atoms with Gasteiger partial charge in [0.25, 0.3) is 5.91 Å². The van der Waals surface area contributed by atoms with Gasteiger partial charge in [-0.1, -0.05) is 27.5 Å². The molecule has 2 aromatic rings. The fourth-order valence-electron chi connectivity index (χ4n) is 1.60. The number of anilines is 1. The van der Waals surface area contributed by atoms with Crippen molar-refractivity contribution in [1.29, 1.82) is 0 Å². The number of aryl methyl sites for hydroxylation is 2. The van der Waals surface area contributed by atoms with E-state index in [1.165, 1.54) is 4.68 Å². The van der Waals surface area contributed by atoms with Crippen LogP contribution >= 0.6 is 27.5 Å². The van der Waals surface area contributed by atoms with Gasteiger partial charge in [0.15, 0.2) is 0 Å². The molecular formula is C12H11BrClN3O. The number of carbonyl (C=O) groups excluding carboxylic acids is 1. The van der Waals surface area contributed by atoms with Crippen molar-refractivity contribution in [2.45, 2.75) is 6.92 Å². The lowest BCUT2D eigenvalue weighted by molar-refractivity contribution is 0.101. The maximum Gasteiger partial charge on any atom is 0.273 e. The number of hydrogen-bond donors (Lipinski definition) is 1. The van der Waals surface area contributed by atoms with E-state index in [2.05, 4.69) is 26.3 Å². The normalized spacial score (nSPS) is 10.4. The van der Waals surface area contributed by atoms with E-state index in [1.54, 1.807) is 25.2 Å². The molecule has 0 aliphatic heterocycles. The van der Waals surface area contributed by atoms with Gasteiger partial charge < -0.3 is 5.32 Å². The first kappa shape index (κ1) is 13.1. The molecule has 0 atom stereocenters. The van der Waals surface area contributed by atoms with E-state index in [0.29, 0.717) is 16.4 Å². The minimum atomic E-state index is -0.238. The molecule has 2 rings (SSSR count). The second kappa shape index (κ2) is 5.12. The number of hydrogen-bond acceptors (Lipinski definition) is 2. The van der Waals surface area contributed by atoms with Crippen molar-refractivity contribution in [3.05, 3.63) is 45.1 Å². The van der Waals surface area contributed by atoms with Crippen molar-refractivity contribution >= 4 is 39.1 Å². The second-order valence-electron chi connectivity index (χ2n) is 3.87. The number of carbonyl (C=O) groups is 1. The van der Waals surface area contributed by atoms with Gasteiger partial charge in [-0.2, -0.15) is 5.10 Å². The summed E-state index contributed by atoms with van der Waals surface area (Å²) in [4.78, 5) is 12.1. The molecule has 0 aliphatic carbocycles. The molecule has 0 fully saturated rings. The lowest BCUT2D eigenvalue weighted by atomic mass is 10.3. The summed E-state index contributed by atoms with van der Waals surface area (Å²) in [6, 6.07) is 7.01. The highest BCUT2D eigenvalue weighted by Gasteiger charge is 2.13. The summed E-state index contributed by atoms with van der Waals surface area (Å²) in [5.41, 5.74) is 1.85. The van der Waals surface area contributed by atoms with Gasteiger partial charge in [-0.3, -0.25) is 9.48 Å². The maximum atomic E-state index is 12.1. The van der Waals surface area contributed by atoms with Gasteiger partial charge in [0.1, 0.15) is 5.69 Å². The van der Waals surface area contributed by atoms with E-state index in [1.807, 2.05) is 13.0 Å². The zero-order valence-corrected chi connectivity index (χ0v) is 12.2. The average molecular weight is 329 g/mol. The number of amides is 1. The molecule has 0 radical (unpaired) electrons. The van der Waals surface area contributed by atoms with E-state index in [0.717, 1.165) is 10.2 Å². The highest BCUT2D eigenvalue weighted by atomic mass is 79.9. The fraction of sp³-hybridized carbons (Fsp3) is 0.167. The molecule has 1 aromatic heterocycles. The first-order valence-corrected chi connectivity index (χ1v) is 6.41. The van der Waals surface area contributed by atoms with Crippen molar-refractivity contribution in [3.63, 3.8) is 0 Å². The quantitative estimate of drug-likeness (QED) is 0.918. The van der Waals surface area contributed by atoms with E-state index in [-0.39, 0.29) is 5.91 Å². The lowest BCUT2D eigenvalue weighted by Gasteiger charge is -2.07. The Labute approximate surface area is 118 Å². The highest BCUT2D eigenvalue weighted by Crippen LogP contribution is 2.26. The third-order valence-electron chi connectivity index (χ3n) is 2.41. The Morgan fingerprint density at radius 3 is 2.78 bits per heavy atom. The molecule has 0 aliphatic rings. The molecule has 0 bridgehead atoms. The van der Waals surface area contributed by atoms with Gasteiger partial charge in [0.05, 0.1) is 16.4 Å². The standard InChI is InChI=1S/C12H11BrClN3O/c1-7-5-11(17(2)16-7)12(18)15-10-6-8(13)3-4-9(10)14/h3-6H,1-2H3,(H,15,18). The Kier molecular flexibility index (Phi) is 3.73. The Morgan fingerprint density at radius 2 is 2.17 bits per heavy atom. The van der Waals surface area contributed by atoms with Gasteiger partial charge in [-0.15, -0.1) is 0 Å². The Hall–Kier alpha value is -1.33. The molecule has 1 heterocycles. The smallest absolute Gasteiger partial charge is 0.273 e. The second-order valence-corrected chi connectivity index (χ2v) is 5.20. The Bertz CT molecular complexity index is 609. The van der Waals surface area contributed by atoms with Crippen LogP contribution in [-0.4, -0.2) is 15.7 Å². The highest BCUT2D eigenvalue weighted by molar-refractivity contribution is 9.10. The lowest BCUT2D eigenvalue weighted by Crippen LogP contribution is -2.16. The van der Waals surface area contributed by atoms with Crippen molar-refractivity contribution in [3.8, 4) is 0 Å². The largest absolute Gasteiger partial charge is 0.319 e. The molecule has 18 heavy (non-hydrogen) atoms. The first-order valence-electron chi connectivity index (χ1n) is 5.24. The molecule has 1 aromatic carbocycles. The predicted molar refractivity (Wildman–Crippen MR) is 75.1 cm³/mol. The molecule has 0 spiro atoms. The summed E-state index contributed by atoms with van der Waals surface area (Å²) >= 11 is 9.35. The Balaban J connectivity index is 2.26. The molecule has 6 heteroatoms. The van der Waals surface area contributed by atoms with Gasteiger partial charge >= 0.3 is 0 Å². The minimum Gasteiger partial charge on any atom is -0.319 e. The van der Waals surface area contributed by atoms with E-state index in [9.17, 15) is 4.79 Å². The summed E-state index contributed by atoms with van der Waals surface area (Å²) in [5, 5.41) is 7.38. The predicted octanol–water partition coefficient (Wildman–Crippen LogP) is 3.40. The van der Waals surface area contributed by atoms with Gasteiger partial charge in [0, 0.05) is 11.5 Å². The van der Waals surface area contributed by atoms with Crippen molar-refractivity contribution in [2.75, 3.05) is 5.32 Å². The number of nitrogens with one attached hydrogen (secondary N) is 1. The summed E-state index contributed by atoms with van der Waals surface area (Å²) < 4.78 is 2.39. The van der Waals surface area contributed by atoms with Crippen LogP contribution < -0.4 is 5.32 Å². The van der Waals surface area contributed by atoms with Crippen LogP contribution in [0.25, 0.3) is 0 Å². The monoisotopic (exact) mass is 327 g/mol. The van der Waals surface area contributed by atoms with E-state index < -0.39 is 0 Å². The molecule has 0 saturated carbocycles. The van der Waals surface area contributed by atoms with Gasteiger partial charge in [-0.05, 0) is 31.2 Å². The van der Waals surface area contributed by atoms with Crippen LogP contribution in [0.5, 0.6) is 0 Å². The SMILES string of the molecule is Cc1cc(C(=O)Nc2cc(Br)ccc2Cl)n(C)n1. The van der Waals surface area contributed by atoms with Gasteiger partial charge in [0.2, 0.25) is 0 Å². The molecule has 1 amide bonds. The zero-order valence-electron chi connectivity index (χ0n) is 9.87. The molecule has 94 valence electrons. The van der Waals surface area contributed by atoms with Crippen LogP contribution in [0.3, 0.4) is 0 Å². The van der Waals surface area contributed by atoms with Crippen LogP contribution in [0.2, 0.25) is 5.02 Å². The van der Waals surface area contributed by atoms with Crippen LogP contribution in [0, 0.1) is 6.92 Å². The number of benzene rings is 1. The Morgan fingerprint density at radius 1 is 1.44 bits per heavy atom. The number of halogens is 2. The van der Waals surface area contributed by atoms with Crippen molar-refractivity contribution < 1.29 is 4.79 Å². The molecule has 4 nitrogen and oxygen atoms in total. The zero-order chi connectivity index (χ0) is 13.3. The van der Waals surface area contributed by atoms with E-state index in [4.69, 9.17) is 11.6 Å². The average Bonchev–Trinajstić information content (AvgIpc) is 2.63. The minimum absolute atomic E-state index is 0.238. The summed E-state index contributed by atoms with van der Waals surface area (Å²) in [5.74, 6) is -0.238. The summed E-state index contributed by atoms with van der Waals surface area (Å²) in [6.45, 7) is 1.84. The van der Waals surface area contributed by atoms with Gasteiger partial charge in [-0.25, -0.2) is 0 Å². The topological polar surface area (TPSA) is 46.9 Å². The van der Waals surface area contributed by atoms with Crippen LogP contribution in [0.15, 0.2) is 28.7 Å². The van der Waals surface area contributed by atoms with Crippen LogP contribution in [-0.2, 0) is 7.05 Å². The summed E-state index contributed by atoms with van der Waals surface area (Å²) in [6.07, 6.45) is 0. The van der Waals surface area contributed by atoms with Crippen molar-refractivity contribution in [1.82, 2.24) is 9.78 Å². The summed E-state index contributed by atoms with van der Waals surface area (Å²) in [7, 11) is 1.73. The van der Waals surface area contributed by atoms with Crippen LogP contribution in [0.1, 0.15) is 16.2 Å². The molecule has 0 saturated heterocycles. The van der Waals surface area contributed by atoms with E-state index >= 15 is 0 Å². The maximum absolute atomic E-state index is 12.1. The third-order valence-corrected chi connectivity index (χ3v) is 3.23. The van der Waals surface area contributed by atoms with Crippen LogP contribution in [0.4, 0.5) is 5.69 Å². The molecular weight excluding hydrogens is 318 g/mol. The van der Waals surface area contributed by atoms with Crippen molar-refractivity contribution in [2.24, 2.45) is 7.05 Å². The molecule has 1 N–H and O–H groups in total. The molecule has 0 unspecified atom stereocenters. The number of nitrogens with zero attached hydrogens (tertiary/aromatic N) is 2. The fourth-order valence-corrected chi connectivity index (χ4v) is 2.13. The number of aromatic nitrogens is 2. The number of rotatable bonds is 2. The first-order chi connectivity index (χ1) is 8.47. The third kappa shape index (κ3) is 2.73.